The van der Waals surface area contributed by atoms with Crippen molar-refractivity contribution in [1.82, 2.24) is 0 Å². The molecule has 0 N–H and O–H groups in total. The lowest BCUT2D eigenvalue weighted by atomic mass is 9.87. The number of hydrogen-bond donors (Lipinski definition) is 0. The van der Waals surface area contributed by atoms with Crippen molar-refractivity contribution in [3.63, 3.8) is 0 Å². The van der Waals surface area contributed by atoms with Crippen molar-refractivity contribution in [2.24, 2.45) is 5.92 Å². The molecule has 1 fully saturated rings. The van der Waals surface area contributed by atoms with Crippen molar-refractivity contribution in [1.29, 1.82) is 0 Å². The van der Waals surface area contributed by atoms with Crippen LogP contribution in [0.15, 0.2) is 117 Å². The second kappa shape index (κ2) is 15.8. The maximum Gasteiger partial charge on any atom is 0.339 e. The highest BCUT2D eigenvalue weighted by atomic mass is 35.5. The van der Waals surface area contributed by atoms with Gasteiger partial charge in [0.25, 0.3) is 0 Å². The van der Waals surface area contributed by atoms with Crippen molar-refractivity contribution in [2.45, 2.75) is 65.0 Å². The number of carbonyl (C=O) groups excluding carboxylic acids is 1. The molecule has 226 valence electrons. The van der Waals surface area contributed by atoms with Gasteiger partial charge in [0.05, 0.1) is 38.0 Å². The van der Waals surface area contributed by atoms with E-state index in [1.54, 1.807) is 0 Å². The number of carbonyl (C=O) groups is 1. The Kier molecular flexibility index (Phi) is 12.1. The summed E-state index contributed by atoms with van der Waals surface area (Å²) in [5, 5.41) is -0.807. The van der Waals surface area contributed by atoms with Crippen LogP contribution in [0.2, 0.25) is 10.0 Å². The molecule has 0 atom stereocenters. The van der Waals surface area contributed by atoms with E-state index in [2.05, 4.69) is 91.9 Å². The van der Waals surface area contributed by atoms with Crippen LogP contribution in [0, 0.1) is 12.8 Å². The number of esters is 1. The van der Waals surface area contributed by atoms with Crippen LogP contribution >= 0.6 is 23.2 Å². The minimum absolute atomic E-state index is 0.0229. The number of aryl methyl sites for hydroxylation is 1. The molecular weight excluding hydrogens is 623 g/mol. The molecule has 0 aromatic heterocycles. The molecule has 1 aliphatic rings. The predicted octanol–water partition coefficient (Wildman–Crippen LogP) is 9.12. The molecule has 0 radical (unpaired) electrons. The summed E-state index contributed by atoms with van der Waals surface area (Å²) in [6.45, 7) is 2.37. The molecule has 5 rings (SSSR count). The minimum Gasteiger partial charge on any atom is -0.744 e. The quantitative estimate of drug-likeness (QED) is 0.107. The van der Waals surface area contributed by atoms with Crippen LogP contribution in [-0.4, -0.2) is 25.5 Å². The molecule has 4 aromatic carbocycles. The lowest BCUT2D eigenvalue weighted by Gasteiger charge is -2.21. The van der Waals surface area contributed by atoms with Crippen LogP contribution in [-0.2, 0) is 25.7 Å². The summed E-state index contributed by atoms with van der Waals surface area (Å²) in [5.41, 5.74) is 1.13. The SMILES string of the molecule is Cc1ccc([S+](c2ccccc2)c2ccccc2)cc1.O=C(OCCC1CCCCC1)c1ccc(Cl)c(S(=O)(=O)[O-])c1Cl. The summed E-state index contributed by atoms with van der Waals surface area (Å²) >= 11 is 11.5. The van der Waals surface area contributed by atoms with Crippen LogP contribution in [0.5, 0.6) is 0 Å². The van der Waals surface area contributed by atoms with Gasteiger partial charge in [-0.3, -0.25) is 0 Å². The Bertz CT molecular complexity index is 1550. The fraction of sp³-hybridized carbons (Fsp3) is 0.265. The summed E-state index contributed by atoms with van der Waals surface area (Å²) in [5.74, 6) is -0.206. The predicted molar refractivity (Wildman–Crippen MR) is 172 cm³/mol. The molecule has 43 heavy (non-hydrogen) atoms. The van der Waals surface area contributed by atoms with Gasteiger partial charge in [-0.1, -0.05) is 109 Å². The molecule has 0 saturated heterocycles. The second-order valence-corrected chi connectivity index (χ2v) is 14.5. The third-order valence-electron chi connectivity index (χ3n) is 7.22. The van der Waals surface area contributed by atoms with E-state index in [1.165, 1.54) is 45.6 Å². The van der Waals surface area contributed by atoms with E-state index in [1.807, 2.05) is 0 Å². The largest absolute Gasteiger partial charge is 0.744 e. The third kappa shape index (κ3) is 9.34. The molecule has 1 saturated carbocycles. The normalized spacial score (nSPS) is 13.7. The van der Waals surface area contributed by atoms with Gasteiger partial charge in [-0.05, 0) is 67.8 Å². The number of halogens is 2. The van der Waals surface area contributed by atoms with Crippen molar-refractivity contribution >= 4 is 50.2 Å². The first-order valence-corrected chi connectivity index (χ1v) is 17.6. The Balaban J connectivity index is 0.000000198. The molecule has 0 spiro atoms. The lowest BCUT2D eigenvalue weighted by Crippen LogP contribution is -2.14. The number of ether oxygens (including phenoxy) is 1. The summed E-state index contributed by atoms with van der Waals surface area (Å²) in [6.07, 6.45) is 6.70. The van der Waals surface area contributed by atoms with E-state index >= 15 is 0 Å². The molecular formula is C34H34Cl2O5S2. The monoisotopic (exact) mass is 656 g/mol. The van der Waals surface area contributed by atoms with Crippen molar-refractivity contribution < 1.29 is 22.5 Å². The first-order valence-electron chi connectivity index (χ1n) is 14.2. The van der Waals surface area contributed by atoms with E-state index in [4.69, 9.17) is 27.9 Å². The molecule has 9 heteroatoms. The van der Waals surface area contributed by atoms with Crippen molar-refractivity contribution in [3.05, 3.63) is 118 Å². The Hall–Kier alpha value is -2.81. The van der Waals surface area contributed by atoms with Gasteiger partial charge in [-0.15, -0.1) is 0 Å². The molecule has 5 nitrogen and oxygen atoms in total. The van der Waals surface area contributed by atoms with Crippen LogP contribution < -0.4 is 0 Å². The highest BCUT2D eigenvalue weighted by Crippen LogP contribution is 2.33. The van der Waals surface area contributed by atoms with Gasteiger partial charge >= 0.3 is 5.97 Å². The smallest absolute Gasteiger partial charge is 0.339 e. The zero-order valence-electron chi connectivity index (χ0n) is 23.9. The maximum atomic E-state index is 12.1. The average molecular weight is 658 g/mol. The van der Waals surface area contributed by atoms with E-state index < -0.39 is 26.0 Å². The fourth-order valence-corrected chi connectivity index (χ4v) is 8.72. The van der Waals surface area contributed by atoms with Gasteiger partial charge in [0, 0.05) is 0 Å². The standard InChI is InChI=1S/C19H17S.C15H18Cl2O5S/c1-16-12-14-19(15-13-16)20(17-8-4-2-5-9-17)18-10-6-3-7-11-18;16-12-7-6-11(13(17)14(12)23(19,20)21)15(18)22-9-8-10-4-2-1-3-5-10/h2-15H,1H3;6-7,10H,1-5,8-9H2,(H,19,20,21)/q+1;/p-1. The van der Waals surface area contributed by atoms with Crippen LogP contribution in [0.25, 0.3) is 0 Å². The summed E-state index contributed by atoms with van der Waals surface area (Å²) in [4.78, 5) is 15.4. The second-order valence-electron chi connectivity index (χ2n) is 10.4. The van der Waals surface area contributed by atoms with Gasteiger partial charge in [0.2, 0.25) is 0 Å². The van der Waals surface area contributed by atoms with E-state index in [0.29, 0.717) is 5.92 Å². The third-order valence-corrected chi connectivity index (χ3v) is 11.3. The fourth-order valence-electron chi connectivity index (χ4n) is 4.99. The van der Waals surface area contributed by atoms with Gasteiger partial charge < -0.3 is 9.29 Å². The maximum absolute atomic E-state index is 12.1. The molecule has 0 bridgehead atoms. The highest BCUT2D eigenvalue weighted by Gasteiger charge is 2.28. The Morgan fingerprint density at radius 1 is 0.814 bits per heavy atom. The summed E-state index contributed by atoms with van der Waals surface area (Å²) < 4.78 is 38.7. The van der Waals surface area contributed by atoms with Gasteiger partial charge in [-0.2, -0.15) is 0 Å². The van der Waals surface area contributed by atoms with Crippen LogP contribution in [0.3, 0.4) is 0 Å². The molecule has 0 aliphatic heterocycles. The Morgan fingerprint density at radius 2 is 1.35 bits per heavy atom. The first-order chi connectivity index (χ1) is 20.6. The van der Waals surface area contributed by atoms with Crippen molar-refractivity contribution in [3.8, 4) is 0 Å². The van der Waals surface area contributed by atoms with E-state index in [0.717, 1.165) is 25.3 Å². The Morgan fingerprint density at radius 3 is 1.88 bits per heavy atom. The summed E-state index contributed by atoms with van der Waals surface area (Å²) in [6, 6.07) is 32.8. The molecule has 1 aliphatic carbocycles. The zero-order valence-corrected chi connectivity index (χ0v) is 27.0. The molecule has 0 heterocycles. The van der Waals surface area contributed by atoms with Crippen LogP contribution in [0.1, 0.15) is 54.4 Å². The van der Waals surface area contributed by atoms with Crippen molar-refractivity contribution in [2.75, 3.05) is 6.61 Å². The minimum atomic E-state index is -4.88. The molecule has 0 amide bonds. The van der Waals surface area contributed by atoms with Crippen LogP contribution in [0.4, 0.5) is 0 Å². The number of rotatable bonds is 8. The summed E-state index contributed by atoms with van der Waals surface area (Å²) in [7, 11) is -4.90. The van der Waals surface area contributed by atoms with E-state index in [-0.39, 0.29) is 28.1 Å². The zero-order chi connectivity index (χ0) is 30.8. The first kappa shape index (κ1) is 33.1. The Labute approximate surface area is 267 Å². The van der Waals surface area contributed by atoms with Gasteiger partial charge in [-0.25, -0.2) is 13.2 Å². The van der Waals surface area contributed by atoms with E-state index in [9.17, 15) is 17.8 Å². The lowest BCUT2D eigenvalue weighted by molar-refractivity contribution is 0.0474. The number of benzene rings is 4. The number of hydrogen-bond acceptors (Lipinski definition) is 5. The van der Waals surface area contributed by atoms with Gasteiger partial charge in [0.1, 0.15) is 10.1 Å². The molecule has 4 aromatic rings. The topological polar surface area (TPSA) is 83.5 Å². The highest BCUT2D eigenvalue weighted by molar-refractivity contribution is 7.97. The molecule has 0 unspecified atom stereocenters. The average Bonchev–Trinajstić information content (AvgIpc) is 3.00. The van der Waals surface area contributed by atoms with Gasteiger partial charge in [0.15, 0.2) is 14.7 Å².